The molecule has 0 spiro atoms. The Bertz CT molecular complexity index is 3080. The fourth-order valence-electron chi connectivity index (χ4n) is 13.7. The van der Waals surface area contributed by atoms with E-state index in [1.54, 1.807) is 0 Å². The minimum Gasteiger partial charge on any atom is -0.479 e. The van der Waals surface area contributed by atoms with Gasteiger partial charge in [-0.25, -0.2) is 19.2 Å². The molecule has 0 aromatic carbocycles. The number of hydrogen-bond acceptors (Lipinski definition) is 49. The third kappa shape index (κ3) is 18.6. The molecule has 53 heteroatoms. The maximum Gasteiger partial charge on any atom is 0.335 e. The van der Waals surface area contributed by atoms with Gasteiger partial charge in [-0.3, -0.25) is 0 Å². The summed E-state index contributed by atoms with van der Waals surface area (Å²) in [5.41, 5.74) is 0. The van der Waals surface area contributed by atoms with Crippen LogP contribution in [-0.4, -0.2) is 508 Å². The zero-order chi connectivity index (χ0) is 81.8. The first kappa shape index (κ1) is 88.9. The maximum atomic E-state index is 13.2. The summed E-state index contributed by atoms with van der Waals surface area (Å²) in [6.07, 6.45) is -104. The van der Waals surface area contributed by atoms with Crippen LogP contribution in [0.15, 0.2) is 0 Å². The van der Waals surface area contributed by atoms with Crippen LogP contribution in [0.3, 0.4) is 0 Å². The highest BCUT2D eigenvalue weighted by Crippen LogP contribution is 2.40. The Balaban J connectivity index is 0.746. The summed E-state index contributed by atoms with van der Waals surface area (Å²) in [5, 5.41) is 302. The summed E-state index contributed by atoms with van der Waals surface area (Å²) in [6, 6.07) is 0. The highest BCUT2D eigenvalue weighted by molar-refractivity contribution is 5.75. The Morgan fingerprint density at radius 2 is 0.455 bits per heavy atom. The van der Waals surface area contributed by atoms with Crippen molar-refractivity contribution in [3.63, 3.8) is 0 Å². The van der Waals surface area contributed by atoms with Crippen molar-refractivity contribution in [2.24, 2.45) is 0 Å². The van der Waals surface area contributed by atoms with Gasteiger partial charge in [0, 0.05) is 0 Å². The third-order valence-corrected chi connectivity index (χ3v) is 20.2. The van der Waals surface area contributed by atoms with E-state index in [2.05, 4.69) is 0 Å². The second-order valence-corrected chi connectivity index (χ2v) is 27.8. The van der Waals surface area contributed by atoms with Crippen LogP contribution in [-0.2, 0) is 119 Å². The minimum absolute atomic E-state index is 0.447. The van der Waals surface area contributed by atoms with E-state index in [1.165, 1.54) is 0 Å². The average Bonchev–Trinajstić information content (AvgIpc) is 0.764. The first-order chi connectivity index (χ1) is 52.8. The second-order valence-electron chi connectivity index (χ2n) is 27.8. The van der Waals surface area contributed by atoms with Gasteiger partial charge in [0.1, 0.15) is 201 Å². The quantitative estimate of drug-likeness (QED) is 0.0427. The molecule has 0 bridgehead atoms. The molecule has 11 aliphatic rings. The zero-order valence-electron chi connectivity index (χ0n) is 57.4. The van der Waals surface area contributed by atoms with Gasteiger partial charge >= 0.3 is 23.9 Å². The van der Waals surface area contributed by atoms with Gasteiger partial charge in [0.15, 0.2) is 93.6 Å². The SMILES string of the molecule is O=C(O)[C@H]1O[C@H](O[C@@H]2[C@H](O[C@@H]3OC[C@@H](O[C@@H]4OC[C@@H](O[C@@H]5OC[C@@H](O[C@@H]6OC[C@@H](O[C@@H]7OC[C@@H](O[C@@H]8OC[C@@H](O)[C@H](O)[C@H]8O)[C@H](O)[C@H]7O)[C@H](O)[C@H]6O)[C@H](O)[C@H]5O)[C@H](O)[C@H]4O[C@@H]4OC[C@@H](O)[C@H](O)[C@H]4O)[C@H](O)[C@H]3O)[C@@H](O)[C@@H](O[C@@H]3[C@H](O)[C@@H](O)[C@@H](O[C@@H]4[C@H](O)[C@@H](O)C(O)O[C@@H]4C(=O)O)O[C@@H]3C(=O)O)O[C@@H]2C(=O)O)[C@H](O)[C@@H](O)[C@H]1O. The number of aliphatic hydroxyl groups excluding tert-OH is 24. The van der Waals surface area contributed by atoms with Crippen LogP contribution in [0.1, 0.15) is 0 Å². The van der Waals surface area contributed by atoms with Crippen LogP contribution in [0.2, 0.25) is 0 Å². The van der Waals surface area contributed by atoms with Crippen LogP contribution < -0.4 is 0 Å². The van der Waals surface area contributed by atoms with Gasteiger partial charge in [0.2, 0.25) is 0 Å². The van der Waals surface area contributed by atoms with Crippen molar-refractivity contribution in [1.82, 2.24) is 0 Å². The lowest BCUT2D eigenvalue weighted by atomic mass is 9.95. The van der Waals surface area contributed by atoms with E-state index in [0.717, 1.165) is 0 Å². The van der Waals surface area contributed by atoms with Crippen LogP contribution >= 0.6 is 0 Å². The van der Waals surface area contributed by atoms with Crippen molar-refractivity contribution < 1.29 is 262 Å². The van der Waals surface area contributed by atoms with E-state index in [4.69, 9.17) is 99.5 Å². The molecule has 11 saturated heterocycles. The second kappa shape index (κ2) is 37.2. The molecular formula is C59H90O53. The van der Waals surface area contributed by atoms with Crippen LogP contribution in [0.5, 0.6) is 0 Å². The molecule has 0 aliphatic carbocycles. The summed E-state index contributed by atoms with van der Waals surface area (Å²) < 4.78 is 116. The molecule has 28 N–H and O–H groups in total. The largest absolute Gasteiger partial charge is 0.479 e. The Morgan fingerprint density at radius 3 is 0.848 bits per heavy atom. The predicted molar refractivity (Wildman–Crippen MR) is 322 cm³/mol. The van der Waals surface area contributed by atoms with Crippen LogP contribution in [0, 0.1) is 0 Å². The lowest BCUT2D eigenvalue weighted by Gasteiger charge is -2.49. The molecule has 1 unspecified atom stereocenters. The molecule has 0 amide bonds. The standard InChI is InChI=1S/C59H90O53/c60-8-1-92-50(27(74)15(8)62)99-10-3-94-51(29(76)17(10)64)100-11-4-95-52(30(77)18(11)65)101-12-5-96-53(31(78)19(12)66)102-14-7-98-59(40(21(14)68)109-54-28(75)16(63)9(61)2-93-54)103-13-6-97-55(32(79)20(13)67)105-38-35(82)58(112-44(48(89)90)41(38)110-56-33(80)22(69)23(70)39(108-56)45(83)84)107-37-25(72)34(81)57(111-43(37)47(87)88)106-36-24(71)26(73)49(91)104-42(36)46(85)86/h8-44,49-82,91H,1-7H2,(H,83,84)(H,85,86)(H,87,88)(H,89,90)/t8-,9-,10-,11-,12-,13-,14-,15+,16+,17+,18+,19+,20+,21+,22+,23-,24-,25-,26-,27-,28-,29-,30-,31-,32-,33-,34-,35-,36-,37-,38-,39+,40-,41-,42+,43+,44+,49?,50+,51+,52+,53+,54+,55+,56-,57+,58+,59+/m1/s1. The fourth-order valence-corrected chi connectivity index (χ4v) is 13.7. The van der Waals surface area contributed by atoms with Crippen molar-refractivity contribution in [2.75, 3.05) is 46.2 Å². The number of carboxylic acids is 4. The first-order valence-electron chi connectivity index (χ1n) is 34.5. The monoisotopic (exact) mass is 1650 g/mol. The van der Waals surface area contributed by atoms with Crippen LogP contribution in [0.4, 0.5) is 0 Å². The van der Waals surface area contributed by atoms with Crippen molar-refractivity contribution >= 4 is 23.9 Å². The summed E-state index contributed by atoms with van der Waals surface area (Å²) in [5.74, 6) is -8.29. The summed E-state index contributed by atoms with van der Waals surface area (Å²) in [7, 11) is 0. The van der Waals surface area contributed by atoms with Gasteiger partial charge in [0.05, 0.1) is 46.2 Å². The average molecular weight is 1650 g/mol. The third-order valence-electron chi connectivity index (χ3n) is 20.2. The Hall–Kier alpha value is -3.92. The molecule has 644 valence electrons. The predicted octanol–water partition coefficient (Wildman–Crippen LogP) is -20.1. The Morgan fingerprint density at radius 1 is 0.196 bits per heavy atom. The molecule has 0 aromatic rings. The van der Waals surface area contributed by atoms with E-state index in [1.807, 2.05) is 0 Å². The van der Waals surface area contributed by atoms with E-state index < -0.39 is 365 Å². The lowest BCUT2D eigenvalue weighted by molar-refractivity contribution is -0.397. The Labute approximate surface area is 625 Å². The molecule has 0 aromatic heterocycles. The molecule has 53 nitrogen and oxygen atoms in total. The fraction of sp³-hybridized carbons (Fsp3) is 0.932. The van der Waals surface area contributed by atoms with Crippen molar-refractivity contribution in [3.8, 4) is 0 Å². The van der Waals surface area contributed by atoms with E-state index >= 15 is 0 Å². The highest BCUT2D eigenvalue weighted by Gasteiger charge is 2.62. The van der Waals surface area contributed by atoms with Gasteiger partial charge in [-0.05, 0) is 0 Å². The number of rotatable bonds is 24. The molecule has 11 aliphatic heterocycles. The van der Waals surface area contributed by atoms with Gasteiger partial charge in [-0.2, -0.15) is 0 Å². The maximum absolute atomic E-state index is 13.2. The van der Waals surface area contributed by atoms with Gasteiger partial charge in [-0.1, -0.05) is 0 Å². The number of aliphatic hydroxyl groups is 24. The molecule has 0 saturated carbocycles. The molecule has 11 rings (SSSR count). The summed E-state index contributed by atoms with van der Waals surface area (Å²) in [4.78, 5) is 50.2. The van der Waals surface area contributed by atoms with E-state index in [-0.39, 0.29) is 0 Å². The van der Waals surface area contributed by atoms with Crippen molar-refractivity contribution in [1.29, 1.82) is 0 Å². The summed E-state index contributed by atoms with van der Waals surface area (Å²) in [6.45, 7) is -4.92. The van der Waals surface area contributed by atoms with Gasteiger partial charge in [0.25, 0.3) is 0 Å². The van der Waals surface area contributed by atoms with E-state index in [0.29, 0.717) is 0 Å². The van der Waals surface area contributed by atoms with Gasteiger partial charge in [-0.15, -0.1) is 0 Å². The topological polar surface area (TPSA) is 829 Å². The number of ether oxygens (including phenoxy) is 21. The molecule has 11 heterocycles. The smallest absolute Gasteiger partial charge is 0.335 e. The molecular weight excluding hydrogens is 1560 g/mol. The number of hydrogen-bond donors (Lipinski definition) is 28. The molecule has 0 radical (unpaired) electrons. The van der Waals surface area contributed by atoms with E-state index in [9.17, 15) is 162 Å². The number of carboxylic acid groups (broad SMARTS) is 4. The van der Waals surface area contributed by atoms with Gasteiger partial charge < -0.3 is 242 Å². The normalized spacial score (nSPS) is 52.6. The minimum atomic E-state index is -2.77. The highest BCUT2D eigenvalue weighted by atomic mass is 16.8. The molecule has 11 fully saturated rings. The van der Waals surface area contributed by atoms with Crippen molar-refractivity contribution in [2.45, 2.75) is 295 Å². The number of carbonyl (C=O) groups is 4. The zero-order valence-corrected chi connectivity index (χ0v) is 57.4. The molecule has 48 atom stereocenters. The van der Waals surface area contributed by atoms with Crippen molar-refractivity contribution in [3.05, 3.63) is 0 Å². The van der Waals surface area contributed by atoms with Crippen LogP contribution in [0.25, 0.3) is 0 Å². The lowest BCUT2D eigenvalue weighted by Crippen LogP contribution is -2.69. The number of aliphatic carboxylic acids is 4. The summed E-state index contributed by atoms with van der Waals surface area (Å²) >= 11 is 0. The first-order valence-corrected chi connectivity index (χ1v) is 34.5. The Kier molecular flexibility index (Phi) is 29.5. The molecule has 112 heavy (non-hydrogen) atoms.